The second-order valence-corrected chi connectivity index (χ2v) is 19.4. The molecule has 2 aliphatic rings. The third kappa shape index (κ3) is 3.57. The Labute approximate surface area is 150 Å². The molecule has 1 saturated carbocycles. The first-order valence-electron chi connectivity index (χ1n) is 9.40. The number of fused-ring (bicyclic) bond motifs is 1. The van der Waals surface area contributed by atoms with Gasteiger partial charge in [0.05, 0.1) is 26.4 Å². The van der Waals surface area contributed by atoms with Gasteiger partial charge in [-0.1, -0.05) is 69.4 Å². The third-order valence-electron chi connectivity index (χ3n) is 6.54. The van der Waals surface area contributed by atoms with Crippen molar-refractivity contribution in [2.45, 2.75) is 82.8 Å². The highest BCUT2D eigenvalue weighted by Gasteiger charge is 2.58. The van der Waals surface area contributed by atoms with E-state index >= 15 is 0 Å². The molecule has 0 aromatic heterocycles. The summed E-state index contributed by atoms with van der Waals surface area (Å²) in [5.74, 6) is 0.589. The minimum absolute atomic E-state index is 0.275. The summed E-state index contributed by atoms with van der Waals surface area (Å²) in [6, 6.07) is 12.4. The Bertz CT molecular complexity index is 577. The lowest BCUT2D eigenvalue weighted by Gasteiger charge is -2.41. The number of hydrogen-bond donors (Lipinski definition) is 0. The maximum Gasteiger partial charge on any atom is 0.192 e. The van der Waals surface area contributed by atoms with E-state index in [1.807, 2.05) is 0 Å². The third-order valence-corrected chi connectivity index (χ3v) is 14.4. The SMILES string of the molecule is CC(C)(C)[Si](C)(C)O[C@H]1C[C@H]2O[C@@H]2[C@H]1C[Si](C)(C)c1ccccc1. The smallest absolute Gasteiger partial charge is 0.192 e. The van der Waals surface area contributed by atoms with Crippen LogP contribution in [0, 0.1) is 5.92 Å². The lowest BCUT2D eigenvalue weighted by Crippen LogP contribution is -2.49. The van der Waals surface area contributed by atoms with Gasteiger partial charge in [-0.15, -0.1) is 0 Å². The van der Waals surface area contributed by atoms with E-state index in [0.717, 1.165) is 6.42 Å². The maximum atomic E-state index is 6.84. The number of benzene rings is 1. The van der Waals surface area contributed by atoms with Crippen molar-refractivity contribution in [1.82, 2.24) is 0 Å². The number of epoxide rings is 1. The average molecular weight is 363 g/mol. The minimum atomic E-state index is -1.72. The van der Waals surface area contributed by atoms with E-state index in [1.54, 1.807) is 5.19 Å². The van der Waals surface area contributed by atoms with Crippen LogP contribution in [0.5, 0.6) is 0 Å². The molecule has 0 bridgehead atoms. The molecule has 1 heterocycles. The van der Waals surface area contributed by atoms with Crippen molar-refractivity contribution in [2.24, 2.45) is 5.92 Å². The molecule has 0 N–H and O–H groups in total. The highest BCUT2D eigenvalue weighted by atomic mass is 28.4. The molecule has 2 fully saturated rings. The van der Waals surface area contributed by atoms with Gasteiger partial charge in [0.15, 0.2) is 8.32 Å². The van der Waals surface area contributed by atoms with Crippen molar-refractivity contribution >= 4 is 21.6 Å². The van der Waals surface area contributed by atoms with Crippen LogP contribution >= 0.6 is 0 Å². The largest absolute Gasteiger partial charge is 0.413 e. The summed E-state index contributed by atoms with van der Waals surface area (Å²) in [6.07, 6.45) is 2.46. The van der Waals surface area contributed by atoms with Crippen LogP contribution in [0.1, 0.15) is 27.2 Å². The second-order valence-electron chi connectivity index (χ2n) is 9.91. The van der Waals surface area contributed by atoms with Crippen LogP contribution in [0.25, 0.3) is 0 Å². The molecule has 4 heteroatoms. The molecule has 1 aromatic carbocycles. The second kappa shape index (κ2) is 6.08. The lowest BCUT2D eigenvalue weighted by atomic mass is 10.1. The van der Waals surface area contributed by atoms with Crippen LogP contribution in [0.4, 0.5) is 0 Å². The van der Waals surface area contributed by atoms with Crippen LogP contribution in [-0.4, -0.2) is 34.7 Å². The van der Waals surface area contributed by atoms with Gasteiger partial charge in [-0.3, -0.25) is 0 Å². The zero-order valence-corrected chi connectivity index (χ0v) is 18.4. The van der Waals surface area contributed by atoms with E-state index in [4.69, 9.17) is 9.16 Å². The van der Waals surface area contributed by atoms with Crippen molar-refractivity contribution in [3.05, 3.63) is 30.3 Å². The van der Waals surface area contributed by atoms with Gasteiger partial charge in [-0.25, -0.2) is 0 Å². The Morgan fingerprint density at radius 1 is 1.08 bits per heavy atom. The van der Waals surface area contributed by atoms with Gasteiger partial charge in [-0.2, -0.15) is 0 Å². The summed E-state index contributed by atoms with van der Waals surface area (Å²) in [4.78, 5) is 0. The van der Waals surface area contributed by atoms with Crippen molar-refractivity contribution < 1.29 is 9.16 Å². The summed E-state index contributed by atoms with van der Waals surface area (Å²) < 4.78 is 12.8. The molecule has 3 rings (SSSR count). The first-order chi connectivity index (χ1) is 11.0. The molecule has 1 aliphatic carbocycles. The van der Waals surface area contributed by atoms with Gasteiger partial charge in [0.25, 0.3) is 0 Å². The fourth-order valence-electron chi connectivity index (χ4n) is 3.87. The summed E-state index contributed by atoms with van der Waals surface area (Å²) >= 11 is 0. The molecule has 2 nitrogen and oxygen atoms in total. The molecule has 0 radical (unpaired) electrons. The van der Waals surface area contributed by atoms with E-state index in [-0.39, 0.29) is 5.04 Å². The Hall–Kier alpha value is -0.426. The Balaban J connectivity index is 1.74. The van der Waals surface area contributed by atoms with Crippen molar-refractivity contribution in [3.8, 4) is 0 Å². The highest BCUT2D eigenvalue weighted by molar-refractivity contribution is 6.89. The quantitative estimate of drug-likeness (QED) is 0.555. The molecule has 1 saturated heterocycles. The van der Waals surface area contributed by atoms with E-state index in [2.05, 4.69) is 77.3 Å². The first kappa shape index (κ1) is 18.4. The monoisotopic (exact) mass is 362 g/mol. The molecule has 0 amide bonds. The lowest BCUT2D eigenvalue weighted by molar-refractivity contribution is 0.0906. The molecular weight excluding hydrogens is 328 g/mol. The zero-order chi connectivity index (χ0) is 17.8. The standard InChI is InChI=1S/C20H34O2Si2/c1-20(2,3)24(6,7)22-17-13-18-19(21-18)16(17)14-23(4,5)15-11-9-8-10-12-15/h8-12,16-19H,13-14H2,1-7H3/t16-,17-,18+,19+/m0/s1. The van der Waals surface area contributed by atoms with Crippen LogP contribution < -0.4 is 5.19 Å². The van der Waals surface area contributed by atoms with Gasteiger partial charge in [0.1, 0.15) is 0 Å². The Morgan fingerprint density at radius 3 is 2.29 bits per heavy atom. The van der Waals surface area contributed by atoms with Crippen molar-refractivity contribution in [2.75, 3.05) is 0 Å². The van der Waals surface area contributed by atoms with Crippen LogP contribution in [0.15, 0.2) is 30.3 Å². The maximum absolute atomic E-state index is 6.84. The van der Waals surface area contributed by atoms with Gasteiger partial charge < -0.3 is 9.16 Å². The van der Waals surface area contributed by atoms with E-state index < -0.39 is 16.4 Å². The van der Waals surface area contributed by atoms with E-state index in [9.17, 15) is 0 Å². The molecule has 0 unspecified atom stereocenters. The molecular formula is C20H34O2Si2. The first-order valence-corrected chi connectivity index (χ1v) is 15.5. The zero-order valence-electron chi connectivity index (χ0n) is 16.4. The van der Waals surface area contributed by atoms with E-state index in [1.165, 1.54) is 6.04 Å². The Kier molecular flexibility index (Phi) is 4.65. The molecule has 1 aromatic rings. The minimum Gasteiger partial charge on any atom is -0.413 e. The Morgan fingerprint density at radius 2 is 1.71 bits per heavy atom. The fraction of sp³-hybridized carbons (Fsp3) is 0.700. The number of rotatable bonds is 5. The normalized spacial score (nSPS) is 30.3. The van der Waals surface area contributed by atoms with Crippen LogP contribution in [0.2, 0.25) is 37.3 Å². The average Bonchev–Trinajstić information content (AvgIpc) is 3.16. The van der Waals surface area contributed by atoms with Gasteiger partial charge in [0, 0.05) is 12.3 Å². The molecule has 1 aliphatic heterocycles. The molecule has 24 heavy (non-hydrogen) atoms. The molecule has 134 valence electrons. The molecule has 4 atom stereocenters. The highest BCUT2D eigenvalue weighted by Crippen LogP contribution is 2.50. The topological polar surface area (TPSA) is 21.8 Å². The van der Waals surface area contributed by atoms with Gasteiger partial charge >= 0.3 is 0 Å². The van der Waals surface area contributed by atoms with Crippen molar-refractivity contribution in [3.63, 3.8) is 0 Å². The summed E-state index contributed by atoms with van der Waals surface area (Å²) in [6.45, 7) is 16.8. The van der Waals surface area contributed by atoms with Gasteiger partial charge in [0.2, 0.25) is 0 Å². The predicted molar refractivity (Wildman–Crippen MR) is 107 cm³/mol. The fourth-order valence-corrected chi connectivity index (χ4v) is 8.26. The van der Waals surface area contributed by atoms with Gasteiger partial charge in [-0.05, 0) is 24.2 Å². The number of ether oxygens (including phenoxy) is 1. The molecule has 0 spiro atoms. The van der Waals surface area contributed by atoms with Crippen LogP contribution in [-0.2, 0) is 9.16 Å². The number of hydrogen-bond acceptors (Lipinski definition) is 2. The van der Waals surface area contributed by atoms with E-state index in [0.29, 0.717) is 24.2 Å². The predicted octanol–water partition coefficient (Wildman–Crippen LogP) is 4.78. The summed E-state index contributed by atoms with van der Waals surface area (Å²) in [5, 5.41) is 1.83. The van der Waals surface area contributed by atoms with Crippen LogP contribution in [0.3, 0.4) is 0 Å². The summed E-state index contributed by atoms with van der Waals surface area (Å²) in [7, 11) is -3.18. The summed E-state index contributed by atoms with van der Waals surface area (Å²) in [5.41, 5.74) is 0. The van der Waals surface area contributed by atoms with Crippen molar-refractivity contribution in [1.29, 1.82) is 0 Å².